The molecule has 1 atom stereocenters. The first-order valence-corrected chi connectivity index (χ1v) is 7.56. The molecule has 0 heterocycles. The molecule has 0 aliphatic carbocycles. The number of hydrogen-bond donors (Lipinski definition) is 2. The summed E-state index contributed by atoms with van der Waals surface area (Å²) in [6, 6.07) is 6.70. The maximum Gasteiger partial charge on any atom is 0.305 e. The predicted molar refractivity (Wildman–Crippen MR) is 83.0 cm³/mol. The monoisotopic (exact) mass is 357 g/mol. The van der Waals surface area contributed by atoms with E-state index >= 15 is 0 Å². The molecule has 1 unspecified atom stereocenters. The molecule has 0 saturated carbocycles. The second-order valence-corrected chi connectivity index (χ2v) is 5.86. The molecule has 5 nitrogen and oxygen atoms in total. The molecule has 21 heavy (non-hydrogen) atoms. The van der Waals surface area contributed by atoms with E-state index in [9.17, 15) is 9.59 Å². The van der Waals surface area contributed by atoms with Crippen LogP contribution in [-0.2, 0) is 14.3 Å². The number of carbonyl (C=O) groups excluding carboxylic acids is 1. The first-order valence-electron chi connectivity index (χ1n) is 6.76. The molecule has 0 radical (unpaired) electrons. The van der Waals surface area contributed by atoms with Crippen molar-refractivity contribution in [2.24, 2.45) is 0 Å². The van der Waals surface area contributed by atoms with Gasteiger partial charge in [-0.2, -0.15) is 0 Å². The van der Waals surface area contributed by atoms with Gasteiger partial charge >= 0.3 is 5.97 Å². The first kappa shape index (κ1) is 17.7. The molecule has 0 saturated heterocycles. The van der Waals surface area contributed by atoms with E-state index in [1.165, 1.54) is 0 Å². The molecule has 1 rings (SSSR count). The Kier molecular flexibility index (Phi) is 7.39. The summed E-state index contributed by atoms with van der Waals surface area (Å²) in [6.07, 6.45) is 0.118. The third-order valence-corrected chi connectivity index (χ3v) is 3.24. The van der Waals surface area contributed by atoms with Crippen molar-refractivity contribution in [1.82, 2.24) is 5.32 Å². The van der Waals surface area contributed by atoms with E-state index in [0.717, 1.165) is 10.0 Å². The molecule has 0 spiro atoms. The van der Waals surface area contributed by atoms with Crippen LogP contribution in [0.2, 0.25) is 0 Å². The number of ether oxygens (including phenoxy) is 1. The SMILES string of the molecule is CC(C)OCCC(=O)NC(CC(=O)O)c1cccc(Br)c1. The van der Waals surface area contributed by atoms with Crippen molar-refractivity contribution >= 4 is 27.8 Å². The van der Waals surface area contributed by atoms with Crippen LogP contribution in [0.5, 0.6) is 0 Å². The summed E-state index contributed by atoms with van der Waals surface area (Å²) in [4.78, 5) is 22.8. The van der Waals surface area contributed by atoms with Gasteiger partial charge < -0.3 is 15.2 Å². The van der Waals surface area contributed by atoms with Gasteiger partial charge in [-0.1, -0.05) is 28.1 Å². The Morgan fingerprint density at radius 3 is 2.67 bits per heavy atom. The van der Waals surface area contributed by atoms with Gasteiger partial charge in [0.1, 0.15) is 0 Å². The Morgan fingerprint density at radius 2 is 2.10 bits per heavy atom. The van der Waals surface area contributed by atoms with Gasteiger partial charge in [0.25, 0.3) is 0 Å². The van der Waals surface area contributed by atoms with Gasteiger partial charge in [0.2, 0.25) is 5.91 Å². The van der Waals surface area contributed by atoms with Crippen molar-refractivity contribution in [2.45, 2.75) is 38.8 Å². The zero-order valence-electron chi connectivity index (χ0n) is 12.1. The fraction of sp³-hybridized carbons (Fsp3) is 0.467. The first-order chi connectivity index (χ1) is 9.88. The number of benzene rings is 1. The fourth-order valence-electron chi connectivity index (χ4n) is 1.80. The summed E-state index contributed by atoms with van der Waals surface area (Å²) in [6.45, 7) is 4.11. The van der Waals surface area contributed by atoms with Crippen LogP contribution in [0, 0.1) is 0 Å². The van der Waals surface area contributed by atoms with E-state index in [0.29, 0.717) is 6.61 Å². The molecule has 0 aromatic heterocycles. The van der Waals surface area contributed by atoms with E-state index < -0.39 is 12.0 Å². The lowest BCUT2D eigenvalue weighted by Crippen LogP contribution is -2.31. The maximum absolute atomic E-state index is 11.9. The largest absolute Gasteiger partial charge is 0.481 e. The van der Waals surface area contributed by atoms with E-state index in [1.807, 2.05) is 26.0 Å². The highest BCUT2D eigenvalue weighted by atomic mass is 79.9. The van der Waals surface area contributed by atoms with Crippen LogP contribution in [0.25, 0.3) is 0 Å². The lowest BCUT2D eigenvalue weighted by atomic mass is 10.0. The minimum Gasteiger partial charge on any atom is -0.481 e. The third-order valence-electron chi connectivity index (χ3n) is 2.75. The van der Waals surface area contributed by atoms with E-state index in [4.69, 9.17) is 9.84 Å². The second kappa shape index (κ2) is 8.79. The molecule has 0 fully saturated rings. The van der Waals surface area contributed by atoms with Crippen molar-refractivity contribution in [2.75, 3.05) is 6.61 Å². The van der Waals surface area contributed by atoms with Gasteiger partial charge in [-0.3, -0.25) is 9.59 Å². The summed E-state index contributed by atoms with van der Waals surface area (Å²) >= 11 is 3.34. The van der Waals surface area contributed by atoms with Crippen LogP contribution in [0.4, 0.5) is 0 Å². The van der Waals surface area contributed by atoms with Gasteiger partial charge in [0.15, 0.2) is 0 Å². The van der Waals surface area contributed by atoms with Crippen LogP contribution in [-0.4, -0.2) is 29.7 Å². The lowest BCUT2D eigenvalue weighted by Gasteiger charge is -2.18. The Bertz CT molecular complexity index is 490. The number of rotatable bonds is 8. The lowest BCUT2D eigenvalue weighted by molar-refractivity contribution is -0.137. The van der Waals surface area contributed by atoms with Gasteiger partial charge in [-0.15, -0.1) is 0 Å². The van der Waals surface area contributed by atoms with E-state index in [2.05, 4.69) is 21.2 Å². The minimum absolute atomic E-state index is 0.0673. The summed E-state index contributed by atoms with van der Waals surface area (Å²) < 4.78 is 6.16. The van der Waals surface area contributed by atoms with E-state index in [1.54, 1.807) is 12.1 Å². The van der Waals surface area contributed by atoms with Crippen LogP contribution in [0.15, 0.2) is 28.7 Å². The molecule has 116 valence electrons. The Labute approximate surface area is 132 Å². The maximum atomic E-state index is 11.9. The molecule has 2 N–H and O–H groups in total. The predicted octanol–water partition coefficient (Wildman–Crippen LogP) is 2.90. The zero-order valence-corrected chi connectivity index (χ0v) is 13.7. The Morgan fingerprint density at radius 1 is 1.38 bits per heavy atom. The third kappa shape index (κ3) is 7.24. The molecular weight excluding hydrogens is 338 g/mol. The molecule has 0 aliphatic heterocycles. The minimum atomic E-state index is -0.960. The summed E-state index contributed by atoms with van der Waals surface area (Å²) in [5.74, 6) is -1.18. The van der Waals surface area contributed by atoms with Gasteiger partial charge in [-0.05, 0) is 31.5 Å². The highest BCUT2D eigenvalue weighted by Crippen LogP contribution is 2.21. The second-order valence-electron chi connectivity index (χ2n) is 4.94. The highest BCUT2D eigenvalue weighted by Gasteiger charge is 2.18. The molecule has 0 aliphatic rings. The van der Waals surface area contributed by atoms with Crippen LogP contribution in [0.1, 0.15) is 38.3 Å². The molecule has 1 aromatic carbocycles. The number of carboxylic acids is 1. The summed E-state index contributed by atoms with van der Waals surface area (Å²) in [5, 5.41) is 11.7. The number of nitrogens with one attached hydrogen (secondary N) is 1. The number of hydrogen-bond acceptors (Lipinski definition) is 3. The van der Waals surface area contributed by atoms with Crippen molar-refractivity contribution in [3.63, 3.8) is 0 Å². The highest BCUT2D eigenvalue weighted by molar-refractivity contribution is 9.10. The van der Waals surface area contributed by atoms with Gasteiger partial charge in [-0.25, -0.2) is 0 Å². The Balaban J connectivity index is 2.66. The van der Waals surface area contributed by atoms with Crippen molar-refractivity contribution in [3.05, 3.63) is 34.3 Å². The average Bonchev–Trinajstić information content (AvgIpc) is 2.37. The standard InChI is InChI=1S/C15H20BrNO4/c1-10(2)21-7-6-14(18)17-13(9-15(19)20)11-4-3-5-12(16)8-11/h3-5,8,10,13H,6-7,9H2,1-2H3,(H,17,18)(H,19,20). The van der Waals surface area contributed by atoms with Crippen LogP contribution in [0.3, 0.4) is 0 Å². The van der Waals surface area contributed by atoms with Gasteiger partial charge in [0.05, 0.1) is 25.2 Å². The Hall–Kier alpha value is -1.40. The molecule has 1 aromatic rings. The van der Waals surface area contributed by atoms with E-state index in [-0.39, 0.29) is 24.9 Å². The van der Waals surface area contributed by atoms with Crippen molar-refractivity contribution in [3.8, 4) is 0 Å². The fourth-order valence-corrected chi connectivity index (χ4v) is 2.22. The zero-order chi connectivity index (χ0) is 15.8. The van der Waals surface area contributed by atoms with Crippen molar-refractivity contribution < 1.29 is 19.4 Å². The quantitative estimate of drug-likeness (QED) is 0.749. The van der Waals surface area contributed by atoms with Crippen LogP contribution < -0.4 is 5.32 Å². The summed E-state index contributed by atoms with van der Waals surface area (Å²) in [7, 11) is 0. The number of halogens is 1. The normalized spacial score (nSPS) is 12.2. The van der Waals surface area contributed by atoms with Gasteiger partial charge in [0, 0.05) is 10.9 Å². The number of carbonyl (C=O) groups is 2. The average molecular weight is 358 g/mol. The molecule has 0 bridgehead atoms. The topological polar surface area (TPSA) is 75.6 Å². The van der Waals surface area contributed by atoms with Crippen molar-refractivity contribution in [1.29, 1.82) is 0 Å². The van der Waals surface area contributed by atoms with Crippen LogP contribution >= 0.6 is 15.9 Å². The molecule has 1 amide bonds. The number of carboxylic acid groups (broad SMARTS) is 1. The number of aliphatic carboxylic acids is 1. The smallest absolute Gasteiger partial charge is 0.305 e. The number of amides is 1. The molecular formula is C15H20BrNO4. The molecule has 6 heteroatoms. The summed E-state index contributed by atoms with van der Waals surface area (Å²) in [5.41, 5.74) is 0.755.